The van der Waals surface area contributed by atoms with E-state index in [0.717, 1.165) is 35.3 Å². The van der Waals surface area contributed by atoms with E-state index in [1.165, 1.54) is 11.3 Å². The second-order valence-corrected chi connectivity index (χ2v) is 11.7. The summed E-state index contributed by atoms with van der Waals surface area (Å²) in [5, 5.41) is 5.98. The highest BCUT2D eigenvalue weighted by molar-refractivity contribution is 7.91. The van der Waals surface area contributed by atoms with Crippen LogP contribution in [0.1, 0.15) is 19.3 Å². The maximum atomic E-state index is 13.2. The van der Waals surface area contributed by atoms with Gasteiger partial charge in [0.2, 0.25) is 5.95 Å². The molecule has 3 aromatic rings. The number of hydrogen-bond acceptors (Lipinski definition) is 8. The summed E-state index contributed by atoms with van der Waals surface area (Å²) < 4.78 is 28.3. The monoisotopic (exact) mass is 513 g/mol. The molecule has 0 radical (unpaired) electrons. The summed E-state index contributed by atoms with van der Waals surface area (Å²) in [6.07, 6.45) is 7.99. The largest absolute Gasteiger partial charge is 0.352 e. The quantitative estimate of drug-likeness (QED) is 0.475. The molecular weight excluding hydrogens is 486 g/mol. The summed E-state index contributed by atoms with van der Waals surface area (Å²) in [4.78, 5) is 27.5. The molecule has 0 atom stereocenters. The minimum atomic E-state index is -3.53. The van der Waals surface area contributed by atoms with Crippen molar-refractivity contribution in [2.24, 2.45) is 0 Å². The van der Waals surface area contributed by atoms with Crippen LogP contribution in [0.15, 0.2) is 47.1 Å². The van der Waals surface area contributed by atoms with Crippen molar-refractivity contribution in [3.8, 4) is 21.7 Å². The van der Waals surface area contributed by atoms with Gasteiger partial charge in [0.15, 0.2) is 0 Å². The van der Waals surface area contributed by atoms with E-state index in [1.807, 2.05) is 18.2 Å². The third-order valence-corrected chi connectivity index (χ3v) is 9.57. The fourth-order valence-electron chi connectivity index (χ4n) is 4.24. The van der Waals surface area contributed by atoms with E-state index < -0.39 is 10.0 Å². The number of aromatic nitrogens is 3. The Kier molecular flexibility index (Phi) is 6.93. The van der Waals surface area contributed by atoms with Crippen molar-refractivity contribution in [1.29, 1.82) is 0 Å². The fraction of sp³-hybridized carbons (Fsp3) is 0.391. The average molecular weight is 514 g/mol. The standard InChI is InChI=1S/C23H27N7O3S2/c31-23-26-11-15-29(23)14-10-25-22-27-16-18(17-6-8-24-9-7-17)21(28-22)19-4-5-20(34-19)35(32,33)30-12-2-1-3-13-30/h4-9,16H,1-3,10-15H2,(H,26,31)(H,25,27,28). The molecule has 0 saturated carbocycles. The number of carbonyl (C=O) groups is 1. The molecule has 0 bridgehead atoms. The number of carbonyl (C=O) groups excluding carboxylic acids is 1. The summed E-state index contributed by atoms with van der Waals surface area (Å²) in [7, 11) is -3.53. The molecule has 2 N–H and O–H groups in total. The SMILES string of the molecule is O=C1NCCN1CCNc1ncc(-c2ccncc2)c(-c2ccc(S(=O)(=O)N3CCCCC3)s2)n1. The van der Waals surface area contributed by atoms with Crippen LogP contribution in [0, 0.1) is 0 Å². The Balaban J connectivity index is 1.43. The minimum Gasteiger partial charge on any atom is -0.352 e. The molecule has 0 aliphatic carbocycles. The lowest BCUT2D eigenvalue weighted by molar-refractivity contribution is 0.219. The highest BCUT2D eigenvalue weighted by Gasteiger charge is 2.28. The number of thiophene rings is 1. The van der Waals surface area contributed by atoms with Gasteiger partial charge in [-0.1, -0.05) is 6.42 Å². The summed E-state index contributed by atoms with van der Waals surface area (Å²) in [5.41, 5.74) is 2.34. The summed E-state index contributed by atoms with van der Waals surface area (Å²) in [5.74, 6) is 0.422. The molecule has 0 unspecified atom stereocenters. The van der Waals surface area contributed by atoms with Gasteiger partial charge in [0, 0.05) is 63.4 Å². The molecule has 35 heavy (non-hydrogen) atoms. The van der Waals surface area contributed by atoms with Crippen LogP contribution in [0.5, 0.6) is 0 Å². The van der Waals surface area contributed by atoms with E-state index in [-0.39, 0.29) is 6.03 Å². The Labute approximate surface area is 208 Å². The van der Waals surface area contributed by atoms with Gasteiger partial charge in [0.1, 0.15) is 4.21 Å². The lowest BCUT2D eigenvalue weighted by Crippen LogP contribution is -2.35. The molecule has 5 heterocycles. The highest BCUT2D eigenvalue weighted by Crippen LogP contribution is 2.37. The minimum absolute atomic E-state index is 0.0672. The molecule has 2 saturated heterocycles. The van der Waals surface area contributed by atoms with Crippen LogP contribution in [-0.4, -0.2) is 77.9 Å². The van der Waals surface area contributed by atoms with Crippen molar-refractivity contribution in [3.63, 3.8) is 0 Å². The van der Waals surface area contributed by atoms with Crippen LogP contribution >= 0.6 is 11.3 Å². The molecule has 10 nitrogen and oxygen atoms in total. The van der Waals surface area contributed by atoms with Crippen molar-refractivity contribution < 1.29 is 13.2 Å². The molecule has 0 aromatic carbocycles. The number of amides is 2. The second kappa shape index (κ2) is 10.3. The van der Waals surface area contributed by atoms with Gasteiger partial charge in [-0.15, -0.1) is 11.3 Å². The zero-order chi connectivity index (χ0) is 24.3. The first-order valence-corrected chi connectivity index (χ1v) is 13.9. The molecular formula is C23H27N7O3S2. The third kappa shape index (κ3) is 5.14. The predicted molar refractivity (Wildman–Crippen MR) is 135 cm³/mol. The van der Waals surface area contributed by atoms with Crippen molar-refractivity contribution in [1.82, 2.24) is 29.5 Å². The smallest absolute Gasteiger partial charge is 0.317 e. The van der Waals surface area contributed by atoms with Crippen LogP contribution in [0.4, 0.5) is 10.7 Å². The van der Waals surface area contributed by atoms with Gasteiger partial charge < -0.3 is 15.5 Å². The number of nitrogens with zero attached hydrogens (tertiary/aromatic N) is 5. The number of sulfonamides is 1. The number of urea groups is 1. The molecule has 184 valence electrons. The highest BCUT2D eigenvalue weighted by atomic mass is 32.2. The number of hydrogen-bond donors (Lipinski definition) is 2. The predicted octanol–water partition coefficient (Wildman–Crippen LogP) is 2.88. The van der Waals surface area contributed by atoms with Crippen molar-refractivity contribution >= 4 is 33.3 Å². The lowest BCUT2D eigenvalue weighted by atomic mass is 10.1. The summed E-state index contributed by atoms with van der Waals surface area (Å²) in [6.45, 7) is 3.50. The van der Waals surface area contributed by atoms with E-state index in [0.29, 0.717) is 55.1 Å². The maximum Gasteiger partial charge on any atom is 0.317 e. The third-order valence-electron chi connectivity index (χ3n) is 6.11. The van der Waals surface area contributed by atoms with Crippen LogP contribution in [0.2, 0.25) is 0 Å². The molecule has 12 heteroatoms. The van der Waals surface area contributed by atoms with E-state index >= 15 is 0 Å². The molecule has 3 aromatic heterocycles. The first-order valence-electron chi connectivity index (χ1n) is 11.7. The van der Waals surface area contributed by atoms with E-state index in [4.69, 9.17) is 4.98 Å². The van der Waals surface area contributed by atoms with Gasteiger partial charge in [-0.25, -0.2) is 23.2 Å². The van der Waals surface area contributed by atoms with Crippen LogP contribution in [0.25, 0.3) is 21.7 Å². The molecule has 2 fully saturated rings. The first kappa shape index (κ1) is 23.6. The Bertz CT molecular complexity index is 1290. The average Bonchev–Trinajstić information content (AvgIpc) is 3.55. The fourth-order valence-corrected chi connectivity index (χ4v) is 7.22. The normalized spacial score (nSPS) is 16.9. The Morgan fingerprint density at radius 2 is 1.86 bits per heavy atom. The van der Waals surface area contributed by atoms with Crippen LogP contribution < -0.4 is 10.6 Å². The van der Waals surface area contributed by atoms with E-state index in [1.54, 1.807) is 33.9 Å². The Morgan fingerprint density at radius 3 is 2.60 bits per heavy atom. The topological polar surface area (TPSA) is 120 Å². The maximum absolute atomic E-state index is 13.2. The second-order valence-electron chi connectivity index (χ2n) is 8.42. The van der Waals surface area contributed by atoms with E-state index in [9.17, 15) is 13.2 Å². The number of rotatable bonds is 8. The van der Waals surface area contributed by atoms with Crippen LogP contribution in [0.3, 0.4) is 0 Å². The van der Waals surface area contributed by atoms with E-state index in [2.05, 4.69) is 20.6 Å². The Hall–Kier alpha value is -3.09. The summed E-state index contributed by atoms with van der Waals surface area (Å²) >= 11 is 1.22. The zero-order valence-electron chi connectivity index (χ0n) is 19.2. The number of nitrogens with one attached hydrogen (secondary N) is 2. The van der Waals surface area contributed by atoms with Gasteiger partial charge in [-0.3, -0.25) is 4.98 Å². The van der Waals surface area contributed by atoms with Crippen molar-refractivity contribution in [2.75, 3.05) is 44.6 Å². The number of anilines is 1. The molecule has 2 aliphatic rings. The lowest BCUT2D eigenvalue weighted by Gasteiger charge is -2.25. The van der Waals surface area contributed by atoms with Crippen LogP contribution in [-0.2, 0) is 10.0 Å². The molecule has 2 amide bonds. The van der Waals surface area contributed by atoms with Crippen molar-refractivity contribution in [3.05, 3.63) is 42.9 Å². The molecule has 0 spiro atoms. The molecule has 2 aliphatic heterocycles. The Morgan fingerprint density at radius 1 is 1.06 bits per heavy atom. The number of pyridine rings is 1. The number of piperidine rings is 1. The zero-order valence-corrected chi connectivity index (χ0v) is 20.8. The summed E-state index contributed by atoms with van der Waals surface area (Å²) in [6, 6.07) is 7.16. The van der Waals surface area contributed by atoms with Crippen molar-refractivity contribution in [2.45, 2.75) is 23.5 Å². The molecule has 5 rings (SSSR count). The van der Waals surface area contributed by atoms with Gasteiger partial charge in [-0.05, 0) is 42.7 Å². The van der Waals surface area contributed by atoms with Gasteiger partial charge in [0.05, 0.1) is 10.6 Å². The van der Waals surface area contributed by atoms with Gasteiger partial charge in [0.25, 0.3) is 10.0 Å². The first-order chi connectivity index (χ1) is 17.0. The van der Waals surface area contributed by atoms with Gasteiger partial charge >= 0.3 is 6.03 Å². The van der Waals surface area contributed by atoms with Gasteiger partial charge in [-0.2, -0.15) is 4.31 Å².